The molecule has 1 aliphatic heterocycles. The highest BCUT2D eigenvalue weighted by Crippen LogP contribution is 2.21. The van der Waals surface area contributed by atoms with E-state index in [4.69, 9.17) is 0 Å². The number of aryl methyl sites for hydroxylation is 1. The molecule has 1 fully saturated rings. The number of thiophene rings is 1. The molecule has 1 saturated heterocycles. The summed E-state index contributed by atoms with van der Waals surface area (Å²) < 4.78 is 41.9. The average Bonchev–Trinajstić information content (AvgIpc) is 3.54. The Morgan fingerprint density at radius 3 is 2.33 bits per heavy atom. The fourth-order valence-corrected chi connectivity index (χ4v) is 6.64. The van der Waals surface area contributed by atoms with Gasteiger partial charge in [-0.1, -0.05) is 30.3 Å². The van der Waals surface area contributed by atoms with Gasteiger partial charge in [-0.3, -0.25) is 4.79 Å². The Bertz CT molecular complexity index is 1240. The van der Waals surface area contributed by atoms with Crippen molar-refractivity contribution in [2.24, 2.45) is 0 Å². The second kappa shape index (κ2) is 12.1. The number of hydrogen-bond donors (Lipinski definition) is 0. The molecule has 0 bridgehead atoms. The number of rotatable bonds is 11. The number of nitrogens with zero attached hydrogens (tertiary/aromatic N) is 3. The van der Waals surface area contributed by atoms with Crippen molar-refractivity contribution in [3.8, 4) is 0 Å². The van der Waals surface area contributed by atoms with Crippen molar-refractivity contribution >= 4 is 27.3 Å². The van der Waals surface area contributed by atoms with E-state index in [1.807, 2.05) is 18.4 Å². The summed E-state index contributed by atoms with van der Waals surface area (Å²) in [5, 5.41) is 1.98. The van der Waals surface area contributed by atoms with E-state index < -0.39 is 10.0 Å². The highest BCUT2D eigenvalue weighted by molar-refractivity contribution is 7.89. The molecule has 4 rings (SSSR count). The zero-order valence-corrected chi connectivity index (χ0v) is 22.1. The van der Waals surface area contributed by atoms with Crippen LogP contribution in [-0.2, 0) is 27.9 Å². The zero-order chi connectivity index (χ0) is 25.5. The maximum absolute atomic E-state index is 13.7. The van der Waals surface area contributed by atoms with Gasteiger partial charge in [-0.15, -0.1) is 11.3 Å². The van der Waals surface area contributed by atoms with Gasteiger partial charge in [-0.05, 0) is 79.7 Å². The van der Waals surface area contributed by atoms with E-state index in [-0.39, 0.29) is 36.3 Å². The van der Waals surface area contributed by atoms with Crippen molar-refractivity contribution in [2.75, 3.05) is 32.7 Å². The molecule has 1 amide bonds. The lowest BCUT2D eigenvalue weighted by atomic mass is 10.2. The third-order valence-corrected chi connectivity index (χ3v) is 9.37. The van der Waals surface area contributed by atoms with Gasteiger partial charge in [0.2, 0.25) is 15.9 Å². The Hall–Kier alpha value is -2.59. The van der Waals surface area contributed by atoms with E-state index in [1.165, 1.54) is 16.4 Å². The molecule has 2 aromatic carbocycles. The zero-order valence-electron chi connectivity index (χ0n) is 20.5. The van der Waals surface area contributed by atoms with Crippen molar-refractivity contribution in [1.82, 2.24) is 14.1 Å². The number of halogens is 1. The van der Waals surface area contributed by atoms with Gasteiger partial charge in [0.05, 0.1) is 18.0 Å². The monoisotopic (exact) mass is 529 g/mol. The molecule has 0 saturated carbocycles. The van der Waals surface area contributed by atoms with E-state index in [9.17, 15) is 17.6 Å². The summed E-state index contributed by atoms with van der Waals surface area (Å²) in [5.41, 5.74) is 1.87. The fourth-order valence-electron chi connectivity index (χ4n) is 4.32. The van der Waals surface area contributed by atoms with E-state index in [2.05, 4.69) is 4.90 Å². The van der Waals surface area contributed by atoms with Gasteiger partial charge in [0, 0.05) is 24.5 Å². The molecule has 1 aromatic heterocycles. The van der Waals surface area contributed by atoms with E-state index in [0.717, 1.165) is 41.9 Å². The Morgan fingerprint density at radius 1 is 1.00 bits per heavy atom. The first kappa shape index (κ1) is 26.5. The second-order valence-corrected chi connectivity index (χ2v) is 12.0. The van der Waals surface area contributed by atoms with E-state index >= 15 is 0 Å². The molecule has 0 aliphatic carbocycles. The van der Waals surface area contributed by atoms with Crippen molar-refractivity contribution < 1.29 is 17.6 Å². The number of likely N-dealkylation sites (tertiary alicyclic amines) is 1. The standard InChI is InChI=1S/C27H32FN3O3S2/c1-22-13-18-35-26(22)20-30(19-23-9-11-24(28)12-10-23)27(32)21-31(17-16-29-14-5-6-15-29)36(33,34)25-7-3-2-4-8-25/h2-4,7-13,18H,5-6,14-17,19-21H2,1H3. The predicted octanol–water partition coefficient (Wildman–Crippen LogP) is 4.51. The molecule has 9 heteroatoms. The minimum absolute atomic E-state index is 0.179. The SMILES string of the molecule is Cc1ccsc1CN(Cc1ccc(F)cc1)C(=O)CN(CCN1CCCC1)S(=O)(=O)c1ccccc1. The minimum atomic E-state index is -3.86. The highest BCUT2D eigenvalue weighted by Gasteiger charge is 2.29. The third kappa shape index (κ3) is 6.79. The van der Waals surface area contributed by atoms with Gasteiger partial charge in [0.25, 0.3) is 0 Å². The summed E-state index contributed by atoms with van der Waals surface area (Å²) in [6, 6.07) is 16.3. The summed E-state index contributed by atoms with van der Waals surface area (Å²) in [6.45, 7) is 5.09. The van der Waals surface area contributed by atoms with Crippen LogP contribution in [0.4, 0.5) is 4.39 Å². The molecule has 0 radical (unpaired) electrons. The van der Waals surface area contributed by atoms with Gasteiger partial charge in [0.15, 0.2) is 0 Å². The van der Waals surface area contributed by atoms with Crippen molar-refractivity contribution in [3.05, 3.63) is 87.9 Å². The van der Waals surface area contributed by atoms with Gasteiger partial charge in [-0.2, -0.15) is 4.31 Å². The Labute approximate surface area is 217 Å². The van der Waals surface area contributed by atoms with Crippen LogP contribution in [0.2, 0.25) is 0 Å². The number of hydrogen-bond acceptors (Lipinski definition) is 5. The first-order valence-corrected chi connectivity index (χ1v) is 14.5. The quantitative estimate of drug-likeness (QED) is 0.367. The maximum atomic E-state index is 13.7. The summed E-state index contributed by atoms with van der Waals surface area (Å²) in [5.74, 6) is -0.624. The molecule has 2 heterocycles. The van der Waals surface area contributed by atoms with Crippen molar-refractivity contribution in [3.63, 3.8) is 0 Å². The second-order valence-electron chi connectivity index (χ2n) is 9.10. The number of carbonyl (C=O) groups is 1. The fraction of sp³-hybridized carbons (Fsp3) is 0.370. The highest BCUT2D eigenvalue weighted by atomic mass is 32.2. The van der Waals surface area contributed by atoms with Gasteiger partial charge >= 0.3 is 0 Å². The number of carbonyl (C=O) groups excluding carboxylic acids is 1. The largest absolute Gasteiger partial charge is 0.332 e. The summed E-state index contributed by atoms with van der Waals surface area (Å²) in [6.07, 6.45) is 2.21. The Morgan fingerprint density at radius 2 is 1.69 bits per heavy atom. The molecular weight excluding hydrogens is 497 g/mol. The minimum Gasteiger partial charge on any atom is -0.332 e. The van der Waals surface area contributed by atoms with Crippen LogP contribution in [0.3, 0.4) is 0 Å². The first-order valence-electron chi connectivity index (χ1n) is 12.2. The average molecular weight is 530 g/mol. The lowest BCUT2D eigenvalue weighted by Gasteiger charge is -2.28. The Balaban J connectivity index is 1.58. The smallest absolute Gasteiger partial charge is 0.243 e. The van der Waals surface area contributed by atoms with Crippen LogP contribution < -0.4 is 0 Å². The van der Waals surface area contributed by atoms with Gasteiger partial charge in [0.1, 0.15) is 5.82 Å². The number of benzene rings is 2. The summed E-state index contributed by atoms with van der Waals surface area (Å²) in [4.78, 5) is 18.8. The lowest BCUT2D eigenvalue weighted by molar-refractivity contribution is -0.132. The Kier molecular flexibility index (Phi) is 8.90. The van der Waals surface area contributed by atoms with Crippen LogP contribution in [0.5, 0.6) is 0 Å². The van der Waals surface area contributed by atoms with Crippen molar-refractivity contribution in [1.29, 1.82) is 0 Å². The third-order valence-electron chi connectivity index (χ3n) is 6.50. The molecule has 0 unspecified atom stereocenters. The van der Waals surface area contributed by atoms with Crippen LogP contribution in [0.15, 0.2) is 70.9 Å². The number of sulfonamides is 1. The molecule has 192 valence electrons. The lowest BCUT2D eigenvalue weighted by Crippen LogP contribution is -2.45. The molecule has 6 nitrogen and oxygen atoms in total. The normalized spacial score (nSPS) is 14.4. The maximum Gasteiger partial charge on any atom is 0.243 e. The van der Waals surface area contributed by atoms with Crippen molar-refractivity contribution in [2.45, 2.75) is 37.8 Å². The predicted molar refractivity (Wildman–Crippen MR) is 141 cm³/mol. The molecular formula is C27H32FN3O3S2. The van der Waals surface area contributed by atoms with Crippen LogP contribution in [0.25, 0.3) is 0 Å². The summed E-state index contributed by atoms with van der Waals surface area (Å²) in [7, 11) is -3.86. The van der Waals surface area contributed by atoms with Gasteiger partial charge in [-0.25, -0.2) is 12.8 Å². The molecule has 0 N–H and O–H groups in total. The van der Waals surface area contributed by atoms with Crippen LogP contribution in [0.1, 0.15) is 28.8 Å². The van der Waals surface area contributed by atoms with Crippen LogP contribution >= 0.6 is 11.3 Å². The van der Waals surface area contributed by atoms with Crippen LogP contribution in [-0.4, -0.2) is 61.2 Å². The van der Waals surface area contributed by atoms with Gasteiger partial charge < -0.3 is 9.80 Å². The summed E-state index contributed by atoms with van der Waals surface area (Å²) >= 11 is 1.56. The van der Waals surface area contributed by atoms with E-state index in [1.54, 1.807) is 58.7 Å². The first-order chi connectivity index (χ1) is 17.3. The molecule has 3 aromatic rings. The topological polar surface area (TPSA) is 60.9 Å². The molecule has 0 atom stereocenters. The van der Waals surface area contributed by atoms with E-state index in [0.29, 0.717) is 13.1 Å². The van der Waals surface area contributed by atoms with Crippen LogP contribution in [0, 0.1) is 12.7 Å². The molecule has 1 aliphatic rings. The molecule has 0 spiro atoms. The number of amides is 1. The molecule has 36 heavy (non-hydrogen) atoms.